The van der Waals surface area contributed by atoms with Crippen LogP contribution in [0, 0.1) is 0 Å². The van der Waals surface area contributed by atoms with Crippen LogP contribution in [-0.2, 0) is 15.0 Å². The maximum Gasteiger partial charge on any atom is 0.279 e. The first kappa shape index (κ1) is 8.63. The van der Waals surface area contributed by atoms with Crippen molar-refractivity contribution in [1.82, 2.24) is 9.03 Å². The third-order valence-corrected chi connectivity index (χ3v) is 3.07. The minimum atomic E-state index is -3.33. The van der Waals surface area contributed by atoms with E-state index in [0.717, 1.165) is 10.7 Å². The van der Waals surface area contributed by atoms with E-state index in [4.69, 9.17) is 0 Å². The first-order valence-corrected chi connectivity index (χ1v) is 4.79. The lowest BCUT2D eigenvalue weighted by Gasteiger charge is -2.24. The SMILES string of the molecule is O=CCN1CCCNS1(=O)=O. The Morgan fingerprint density at radius 1 is 1.55 bits per heavy atom. The molecular formula is C5H10N2O3S. The molecule has 5 nitrogen and oxygen atoms in total. The summed E-state index contributed by atoms with van der Waals surface area (Å²) in [6, 6.07) is 0. The van der Waals surface area contributed by atoms with Crippen molar-refractivity contribution < 1.29 is 13.2 Å². The van der Waals surface area contributed by atoms with Crippen molar-refractivity contribution in [1.29, 1.82) is 0 Å². The van der Waals surface area contributed by atoms with Gasteiger partial charge >= 0.3 is 0 Å². The number of aldehydes is 1. The van der Waals surface area contributed by atoms with Crippen LogP contribution in [-0.4, -0.2) is 38.6 Å². The van der Waals surface area contributed by atoms with Gasteiger partial charge in [0.1, 0.15) is 6.29 Å². The topological polar surface area (TPSA) is 66.5 Å². The van der Waals surface area contributed by atoms with Gasteiger partial charge in [0.05, 0.1) is 6.54 Å². The fourth-order valence-corrected chi connectivity index (χ4v) is 2.15. The molecule has 0 aliphatic carbocycles. The number of nitrogens with one attached hydrogen (secondary N) is 1. The highest BCUT2D eigenvalue weighted by Crippen LogP contribution is 2.03. The maximum absolute atomic E-state index is 11.0. The standard InChI is InChI=1S/C5H10N2O3S/c8-5-4-7-3-1-2-6-11(7,9)10/h5-6H,1-4H2. The molecule has 0 aromatic carbocycles. The summed E-state index contributed by atoms with van der Waals surface area (Å²) in [5.41, 5.74) is 0. The van der Waals surface area contributed by atoms with Crippen LogP contribution in [0.2, 0.25) is 0 Å². The van der Waals surface area contributed by atoms with Gasteiger partial charge in [-0.2, -0.15) is 12.7 Å². The van der Waals surface area contributed by atoms with E-state index in [-0.39, 0.29) is 6.54 Å². The van der Waals surface area contributed by atoms with E-state index in [1.54, 1.807) is 0 Å². The molecule has 0 aromatic rings. The molecule has 0 spiro atoms. The molecule has 6 heteroatoms. The molecule has 0 amide bonds. The van der Waals surface area contributed by atoms with Crippen molar-refractivity contribution >= 4 is 16.5 Å². The van der Waals surface area contributed by atoms with Crippen molar-refractivity contribution in [3.63, 3.8) is 0 Å². The van der Waals surface area contributed by atoms with E-state index in [1.165, 1.54) is 0 Å². The third kappa shape index (κ3) is 1.98. The normalized spacial score (nSPS) is 24.7. The zero-order valence-corrected chi connectivity index (χ0v) is 6.80. The number of rotatable bonds is 2. The number of nitrogens with zero attached hydrogens (tertiary/aromatic N) is 1. The van der Waals surface area contributed by atoms with Crippen LogP contribution in [0.1, 0.15) is 6.42 Å². The van der Waals surface area contributed by atoms with E-state index >= 15 is 0 Å². The minimum absolute atomic E-state index is 0.0463. The Balaban J connectivity index is 2.67. The summed E-state index contributed by atoms with van der Waals surface area (Å²) in [6.07, 6.45) is 1.34. The summed E-state index contributed by atoms with van der Waals surface area (Å²) in [6.45, 7) is 0.862. The van der Waals surface area contributed by atoms with Gasteiger partial charge in [-0.05, 0) is 6.42 Å². The molecule has 1 fully saturated rings. The summed E-state index contributed by atoms with van der Waals surface area (Å²) in [4.78, 5) is 10.0. The highest BCUT2D eigenvalue weighted by atomic mass is 32.2. The van der Waals surface area contributed by atoms with Crippen LogP contribution in [0.4, 0.5) is 0 Å². The average Bonchev–Trinajstić information content (AvgIpc) is 1.94. The molecule has 1 aliphatic heterocycles. The molecule has 0 atom stereocenters. The van der Waals surface area contributed by atoms with Crippen molar-refractivity contribution in [2.75, 3.05) is 19.6 Å². The summed E-state index contributed by atoms with van der Waals surface area (Å²) in [5, 5.41) is 0. The Morgan fingerprint density at radius 3 is 2.82 bits per heavy atom. The van der Waals surface area contributed by atoms with Crippen LogP contribution >= 0.6 is 0 Å². The predicted molar refractivity (Wildman–Crippen MR) is 39.2 cm³/mol. The fraction of sp³-hybridized carbons (Fsp3) is 0.800. The summed E-state index contributed by atoms with van der Waals surface area (Å²) in [7, 11) is -3.33. The van der Waals surface area contributed by atoms with E-state index in [0.29, 0.717) is 19.4 Å². The van der Waals surface area contributed by atoms with E-state index in [2.05, 4.69) is 4.72 Å². The van der Waals surface area contributed by atoms with Gasteiger partial charge in [0.25, 0.3) is 10.2 Å². The molecule has 1 saturated heterocycles. The molecular weight excluding hydrogens is 168 g/mol. The molecule has 0 bridgehead atoms. The Kier molecular flexibility index (Phi) is 2.58. The lowest BCUT2D eigenvalue weighted by atomic mass is 10.4. The van der Waals surface area contributed by atoms with Crippen LogP contribution in [0.5, 0.6) is 0 Å². The van der Waals surface area contributed by atoms with Gasteiger partial charge in [-0.3, -0.25) is 0 Å². The summed E-state index contributed by atoms with van der Waals surface area (Å²) < 4.78 is 25.5. The Morgan fingerprint density at radius 2 is 2.27 bits per heavy atom. The van der Waals surface area contributed by atoms with Gasteiger partial charge in [0.15, 0.2) is 0 Å². The maximum atomic E-state index is 11.0. The third-order valence-electron chi connectivity index (χ3n) is 1.49. The number of carbonyl (C=O) groups excluding carboxylic acids is 1. The Hall–Kier alpha value is -0.460. The van der Waals surface area contributed by atoms with Gasteiger partial charge in [-0.15, -0.1) is 0 Å². The number of hydrogen-bond donors (Lipinski definition) is 1. The highest BCUT2D eigenvalue weighted by Gasteiger charge is 2.23. The molecule has 0 radical (unpaired) electrons. The van der Waals surface area contributed by atoms with Gasteiger partial charge < -0.3 is 4.79 Å². The predicted octanol–water partition coefficient (Wildman–Crippen LogP) is -1.27. The largest absolute Gasteiger partial charge is 0.302 e. The van der Waals surface area contributed by atoms with Crippen molar-refractivity contribution in [3.8, 4) is 0 Å². The smallest absolute Gasteiger partial charge is 0.279 e. The molecule has 1 rings (SSSR count). The highest BCUT2D eigenvalue weighted by molar-refractivity contribution is 7.87. The van der Waals surface area contributed by atoms with Crippen LogP contribution in [0.25, 0.3) is 0 Å². The molecule has 0 saturated carbocycles. The van der Waals surface area contributed by atoms with Gasteiger partial charge in [0.2, 0.25) is 0 Å². The van der Waals surface area contributed by atoms with Crippen molar-refractivity contribution in [3.05, 3.63) is 0 Å². The lowest BCUT2D eigenvalue weighted by Crippen LogP contribution is -2.47. The Bertz CT molecular complexity index is 236. The number of carbonyl (C=O) groups is 1. The zero-order chi connectivity index (χ0) is 8.32. The summed E-state index contributed by atoms with van der Waals surface area (Å²) >= 11 is 0. The van der Waals surface area contributed by atoms with Crippen molar-refractivity contribution in [2.24, 2.45) is 0 Å². The van der Waals surface area contributed by atoms with Gasteiger partial charge in [-0.25, -0.2) is 4.72 Å². The molecule has 64 valence electrons. The molecule has 0 aromatic heterocycles. The zero-order valence-electron chi connectivity index (χ0n) is 5.99. The van der Waals surface area contributed by atoms with Gasteiger partial charge in [-0.1, -0.05) is 0 Å². The van der Waals surface area contributed by atoms with Gasteiger partial charge in [0, 0.05) is 13.1 Å². The molecule has 1 heterocycles. The first-order chi connectivity index (χ1) is 5.17. The van der Waals surface area contributed by atoms with E-state index in [1.807, 2.05) is 0 Å². The molecule has 0 unspecified atom stereocenters. The van der Waals surface area contributed by atoms with E-state index in [9.17, 15) is 13.2 Å². The second-order valence-electron chi connectivity index (χ2n) is 2.28. The minimum Gasteiger partial charge on any atom is -0.302 e. The first-order valence-electron chi connectivity index (χ1n) is 3.35. The Labute approximate surface area is 65.6 Å². The van der Waals surface area contributed by atoms with Crippen LogP contribution in [0.3, 0.4) is 0 Å². The van der Waals surface area contributed by atoms with Crippen LogP contribution < -0.4 is 4.72 Å². The molecule has 11 heavy (non-hydrogen) atoms. The monoisotopic (exact) mass is 178 g/mol. The van der Waals surface area contributed by atoms with Crippen molar-refractivity contribution in [2.45, 2.75) is 6.42 Å². The second-order valence-corrected chi connectivity index (χ2v) is 4.03. The fourth-order valence-electron chi connectivity index (χ4n) is 0.941. The second kappa shape index (κ2) is 3.29. The number of hydrogen-bond acceptors (Lipinski definition) is 3. The summed E-state index contributed by atoms with van der Waals surface area (Å²) in [5.74, 6) is 0. The molecule has 1 aliphatic rings. The molecule has 1 N–H and O–H groups in total. The van der Waals surface area contributed by atoms with E-state index < -0.39 is 10.2 Å². The quantitative estimate of drug-likeness (QED) is 0.536. The lowest BCUT2D eigenvalue weighted by molar-refractivity contribution is -0.108. The van der Waals surface area contributed by atoms with Crippen LogP contribution in [0.15, 0.2) is 0 Å². The average molecular weight is 178 g/mol.